The highest BCUT2D eigenvalue weighted by Crippen LogP contribution is 2.14. The summed E-state index contributed by atoms with van der Waals surface area (Å²) in [6, 6.07) is 5.32. The van der Waals surface area contributed by atoms with Gasteiger partial charge in [0.05, 0.1) is 17.2 Å². The largest absolute Gasteiger partial charge is 0.355 e. The summed E-state index contributed by atoms with van der Waals surface area (Å²) in [5, 5.41) is 3.32. The Morgan fingerprint density at radius 2 is 2.19 bits per heavy atom. The van der Waals surface area contributed by atoms with E-state index in [9.17, 15) is 9.59 Å². The van der Waals surface area contributed by atoms with Crippen molar-refractivity contribution in [2.45, 2.75) is 26.8 Å². The van der Waals surface area contributed by atoms with Crippen LogP contribution in [0.25, 0.3) is 10.9 Å². The van der Waals surface area contributed by atoms with Crippen LogP contribution in [-0.4, -0.2) is 22.0 Å². The number of carbonyl (C=O) groups is 1. The lowest BCUT2D eigenvalue weighted by atomic mass is 10.1. The van der Waals surface area contributed by atoms with Crippen LogP contribution in [0, 0.1) is 5.92 Å². The third-order valence-corrected chi connectivity index (χ3v) is 3.64. The molecule has 1 amide bonds. The van der Waals surface area contributed by atoms with Gasteiger partial charge in [-0.1, -0.05) is 29.8 Å². The number of hydrogen-bond donors (Lipinski definition) is 1. The zero-order valence-electron chi connectivity index (χ0n) is 12.1. The number of nitrogens with one attached hydrogen (secondary N) is 1. The summed E-state index contributed by atoms with van der Waals surface area (Å²) in [6.07, 6.45) is 2.34. The molecular weight excluding hydrogens is 334 g/mol. The number of carbonyl (C=O) groups excluding carboxylic acids is 1. The molecular formula is C15H18BrN3O2. The van der Waals surface area contributed by atoms with Gasteiger partial charge in [-0.3, -0.25) is 14.2 Å². The average Bonchev–Trinajstić information content (AvgIpc) is 2.42. The molecule has 0 fully saturated rings. The first-order chi connectivity index (χ1) is 9.97. The van der Waals surface area contributed by atoms with Gasteiger partial charge >= 0.3 is 0 Å². The SMILES string of the molecule is CC(C)CCNC(=O)Cn1cnc2ccc(Br)cc2c1=O. The lowest BCUT2D eigenvalue weighted by Gasteiger charge is -2.09. The van der Waals surface area contributed by atoms with E-state index in [4.69, 9.17) is 0 Å². The summed E-state index contributed by atoms with van der Waals surface area (Å²) >= 11 is 3.33. The van der Waals surface area contributed by atoms with Crippen molar-refractivity contribution in [3.05, 3.63) is 39.4 Å². The average molecular weight is 352 g/mol. The quantitative estimate of drug-likeness (QED) is 0.898. The lowest BCUT2D eigenvalue weighted by molar-refractivity contribution is -0.121. The van der Waals surface area contributed by atoms with Crippen molar-refractivity contribution < 1.29 is 4.79 Å². The molecule has 1 N–H and O–H groups in total. The Balaban J connectivity index is 2.14. The number of benzene rings is 1. The standard InChI is InChI=1S/C15H18BrN3O2/c1-10(2)5-6-17-14(20)8-19-9-18-13-4-3-11(16)7-12(13)15(19)21/h3-4,7,9-10H,5-6,8H2,1-2H3,(H,17,20). The molecule has 0 aliphatic rings. The van der Waals surface area contributed by atoms with E-state index in [1.165, 1.54) is 10.9 Å². The maximum Gasteiger partial charge on any atom is 0.261 e. The highest BCUT2D eigenvalue weighted by atomic mass is 79.9. The normalized spacial score (nSPS) is 11.0. The summed E-state index contributed by atoms with van der Waals surface area (Å²) in [4.78, 5) is 28.4. The monoisotopic (exact) mass is 351 g/mol. The molecule has 112 valence electrons. The van der Waals surface area contributed by atoms with Crippen LogP contribution in [0.15, 0.2) is 33.8 Å². The summed E-state index contributed by atoms with van der Waals surface area (Å²) in [5.41, 5.74) is 0.417. The Kier molecular flexibility index (Phi) is 5.12. The molecule has 0 saturated carbocycles. The molecule has 0 aliphatic heterocycles. The van der Waals surface area contributed by atoms with Crippen LogP contribution in [0.2, 0.25) is 0 Å². The Morgan fingerprint density at radius 1 is 1.43 bits per heavy atom. The minimum atomic E-state index is -0.208. The van der Waals surface area contributed by atoms with Gasteiger partial charge in [0.25, 0.3) is 5.56 Å². The number of fused-ring (bicyclic) bond motifs is 1. The molecule has 1 aromatic heterocycles. The molecule has 2 aromatic rings. The van der Waals surface area contributed by atoms with Gasteiger partial charge in [0, 0.05) is 11.0 Å². The molecule has 21 heavy (non-hydrogen) atoms. The van der Waals surface area contributed by atoms with Gasteiger partial charge in [-0.2, -0.15) is 0 Å². The zero-order valence-corrected chi connectivity index (χ0v) is 13.7. The highest BCUT2D eigenvalue weighted by molar-refractivity contribution is 9.10. The van der Waals surface area contributed by atoms with Crippen molar-refractivity contribution in [3.63, 3.8) is 0 Å². The summed E-state index contributed by atoms with van der Waals surface area (Å²) in [5.74, 6) is 0.363. The smallest absolute Gasteiger partial charge is 0.261 e. The molecule has 0 aliphatic carbocycles. The molecule has 0 unspecified atom stereocenters. The fraction of sp³-hybridized carbons (Fsp3) is 0.400. The van der Waals surface area contributed by atoms with Gasteiger partial charge in [0.1, 0.15) is 6.54 Å². The molecule has 1 heterocycles. The van der Waals surface area contributed by atoms with Crippen LogP contribution >= 0.6 is 15.9 Å². The van der Waals surface area contributed by atoms with Gasteiger partial charge in [0.2, 0.25) is 5.91 Å². The van der Waals surface area contributed by atoms with Crippen LogP contribution in [0.3, 0.4) is 0 Å². The van der Waals surface area contributed by atoms with Crippen molar-refractivity contribution in [2.24, 2.45) is 5.92 Å². The Hall–Kier alpha value is -1.69. The fourth-order valence-corrected chi connectivity index (χ4v) is 2.32. The number of amides is 1. The van der Waals surface area contributed by atoms with Crippen molar-refractivity contribution in [1.82, 2.24) is 14.9 Å². The molecule has 0 atom stereocenters. The van der Waals surface area contributed by atoms with E-state index in [1.807, 2.05) is 6.07 Å². The molecule has 0 bridgehead atoms. The van der Waals surface area contributed by atoms with Crippen molar-refractivity contribution in [1.29, 1.82) is 0 Å². The minimum Gasteiger partial charge on any atom is -0.355 e. The van der Waals surface area contributed by atoms with Gasteiger partial charge in [-0.15, -0.1) is 0 Å². The third kappa shape index (κ3) is 4.14. The van der Waals surface area contributed by atoms with E-state index < -0.39 is 0 Å². The van der Waals surface area contributed by atoms with E-state index in [0.29, 0.717) is 23.4 Å². The third-order valence-electron chi connectivity index (χ3n) is 3.14. The van der Waals surface area contributed by atoms with E-state index in [1.54, 1.807) is 12.1 Å². The highest BCUT2D eigenvalue weighted by Gasteiger charge is 2.08. The number of aromatic nitrogens is 2. The van der Waals surface area contributed by atoms with Crippen LogP contribution in [0.1, 0.15) is 20.3 Å². The fourth-order valence-electron chi connectivity index (χ4n) is 1.95. The van der Waals surface area contributed by atoms with Crippen molar-refractivity contribution >= 4 is 32.7 Å². The first-order valence-corrected chi connectivity index (χ1v) is 7.68. The van der Waals surface area contributed by atoms with Gasteiger partial charge < -0.3 is 5.32 Å². The molecule has 0 spiro atoms. The van der Waals surface area contributed by atoms with E-state index in [0.717, 1.165) is 10.9 Å². The molecule has 2 rings (SSSR count). The predicted octanol–water partition coefficient (Wildman–Crippen LogP) is 2.32. The summed E-state index contributed by atoms with van der Waals surface area (Å²) in [7, 11) is 0. The van der Waals surface area contributed by atoms with Gasteiger partial charge in [0.15, 0.2) is 0 Å². The molecule has 5 nitrogen and oxygen atoms in total. The maximum absolute atomic E-state index is 12.3. The van der Waals surface area contributed by atoms with E-state index in [-0.39, 0.29) is 18.0 Å². The Morgan fingerprint density at radius 3 is 2.90 bits per heavy atom. The Labute approximate surface area is 131 Å². The predicted molar refractivity (Wildman–Crippen MR) is 86.2 cm³/mol. The first kappa shape index (κ1) is 15.7. The summed E-state index contributed by atoms with van der Waals surface area (Å²) < 4.78 is 2.15. The number of rotatable bonds is 5. The summed E-state index contributed by atoms with van der Waals surface area (Å²) in [6.45, 7) is 4.81. The zero-order chi connectivity index (χ0) is 15.4. The number of halogens is 1. The van der Waals surface area contributed by atoms with Gasteiger partial charge in [-0.05, 0) is 30.5 Å². The lowest BCUT2D eigenvalue weighted by Crippen LogP contribution is -2.33. The van der Waals surface area contributed by atoms with E-state index >= 15 is 0 Å². The van der Waals surface area contributed by atoms with Crippen molar-refractivity contribution in [3.8, 4) is 0 Å². The van der Waals surface area contributed by atoms with Crippen LogP contribution in [0.5, 0.6) is 0 Å². The molecule has 0 radical (unpaired) electrons. The van der Waals surface area contributed by atoms with Crippen LogP contribution < -0.4 is 10.9 Å². The van der Waals surface area contributed by atoms with Crippen molar-refractivity contribution in [2.75, 3.05) is 6.54 Å². The second-order valence-corrected chi connectivity index (χ2v) is 6.29. The maximum atomic E-state index is 12.3. The van der Waals surface area contributed by atoms with Gasteiger partial charge in [-0.25, -0.2) is 4.98 Å². The van der Waals surface area contributed by atoms with E-state index in [2.05, 4.69) is 40.1 Å². The molecule has 1 aromatic carbocycles. The Bertz CT molecular complexity index is 710. The van der Waals surface area contributed by atoms with Crippen LogP contribution in [0.4, 0.5) is 0 Å². The molecule has 6 heteroatoms. The number of nitrogens with zero attached hydrogens (tertiary/aromatic N) is 2. The molecule has 0 saturated heterocycles. The number of hydrogen-bond acceptors (Lipinski definition) is 3. The minimum absolute atomic E-state index is 0.00756. The van der Waals surface area contributed by atoms with Crippen LogP contribution in [-0.2, 0) is 11.3 Å². The second-order valence-electron chi connectivity index (χ2n) is 5.37. The first-order valence-electron chi connectivity index (χ1n) is 6.89. The second kappa shape index (κ2) is 6.85. The topological polar surface area (TPSA) is 64.0 Å².